The van der Waals surface area contributed by atoms with E-state index in [0.717, 1.165) is 24.3 Å². The normalized spacial score (nSPS) is 9.36. The van der Waals surface area contributed by atoms with E-state index in [2.05, 4.69) is 30.9 Å². The molecule has 80 valence electrons. The largest absolute Gasteiger partial charge is 1.00 e. The smallest absolute Gasteiger partial charge is 0.0370 e. The first-order valence-corrected chi connectivity index (χ1v) is 4.80. The maximum absolute atomic E-state index is 5.75. The van der Waals surface area contributed by atoms with Gasteiger partial charge in [0.2, 0.25) is 0 Å². The predicted molar refractivity (Wildman–Crippen MR) is 59.2 cm³/mol. The van der Waals surface area contributed by atoms with Gasteiger partial charge >= 0.3 is 0 Å². The van der Waals surface area contributed by atoms with Crippen LogP contribution < -0.4 is 23.0 Å². The van der Waals surface area contributed by atoms with E-state index in [1.807, 2.05) is 13.0 Å². The minimum absolute atomic E-state index is 0. The lowest BCUT2D eigenvalue weighted by Gasteiger charge is -2.21. The first-order valence-electron chi connectivity index (χ1n) is 4.80. The van der Waals surface area contributed by atoms with Crippen LogP contribution in [0.1, 0.15) is 19.4 Å². The monoisotopic (exact) mass is 213 g/mol. The average molecular weight is 214 g/mol. The Balaban J connectivity index is 0.00000169. The summed E-state index contributed by atoms with van der Waals surface area (Å²) in [5.74, 6) is 0. The molecule has 0 radical (unpaired) electrons. The van der Waals surface area contributed by atoms with E-state index in [4.69, 9.17) is 5.73 Å². The number of nitrogens with two attached hydrogens (primary N) is 1. The van der Waals surface area contributed by atoms with Crippen LogP contribution in [0.25, 0.3) is 0 Å². The Labute approximate surface area is 92.5 Å². The van der Waals surface area contributed by atoms with E-state index in [9.17, 15) is 0 Å². The van der Waals surface area contributed by atoms with E-state index in [1.165, 1.54) is 5.69 Å². The van der Waals surface area contributed by atoms with Gasteiger partial charge in [0.1, 0.15) is 0 Å². The number of nitrogen functional groups attached to an aromatic ring is 1. The summed E-state index contributed by atoms with van der Waals surface area (Å²) >= 11 is 0. The number of hydrogen-bond donors (Lipinski definition) is 1. The molecule has 1 aromatic rings. The molecule has 0 saturated heterocycles. The molecule has 1 rings (SSSR count). The van der Waals surface area contributed by atoms with Gasteiger partial charge in [0.25, 0.3) is 0 Å². The third kappa shape index (κ3) is 2.81. The van der Waals surface area contributed by atoms with Gasteiger partial charge in [0.05, 0.1) is 0 Å². The zero-order valence-electron chi connectivity index (χ0n) is 9.05. The van der Waals surface area contributed by atoms with Gasteiger partial charge < -0.3 is 23.0 Å². The molecule has 3 heteroatoms. The van der Waals surface area contributed by atoms with E-state index < -0.39 is 0 Å². The Morgan fingerprint density at radius 2 is 1.79 bits per heavy atom. The zero-order chi connectivity index (χ0) is 9.84. The fourth-order valence-electron chi connectivity index (χ4n) is 1.45. The molecule has 0 amide bonds. The molecular weight excluding hydrogens is 196 g/mol. The van der Waals surface area contributed by atoms with Gasteiger partial charge in [-0.25, -0.2) is 0 Å². The average Bonchev–Trinajstić information content (AvgIpc) is 2.13. The molecule has 0 heterocycles. The highest BCUT2D eigenvalue weighted by atomic mass is 35.5. The minimum Gasteiger partial charge on any atom is -1.00 e. The molecule has 0 aliphatic rings. The molecule has 0 saturated carbocycles. The Kier molecular flexibility index (Phi) is 5.39. The van der Waals surface area contributed by atoms with Crippen LogP contribution in [-0.4, -0.2) is 13.1 Å². The lowest BCUT2D eigenvalue weighted by atomic mass is 10.1. The number of rotatable bonds is 3. The molecule has 14 heavy (non-hydrogen) atoms. The van der Waals surface area contributed by atoms with E-state index >= 15 is 0 Å². The number of benzene rings is 1. The molecule has 0 spiro atoms. The molecule has 0 aliphatic heterocycles. The highest BCUT2D eigenvalue weighted by Crippen LogP contribution is 2.19. The minimum atomic E-state index is 0. The van der Waals surface area contributed by atoms with Crippen LogP contribution in [0.3, 0.4) is 0 Å². The molecule has 0 aliphatic carbocycles. The van der Waals surface area contributed by atoms with Gasteiger partial charge in [-0.15, -0.1) is 0 Å². The Bertz CT molecular complexity index is 283. The predicted octanol–water partition coefficient (Wildman–Crippen LogP) is -0.573. The van der Waals surface area contributed by atoms with Crippen LogP contribution in [-0.2, 0) is 0 Å². The molecule has 2 nitrogen and oxygen atoms in total. The third-order valence-electron chi connectivity index (χ3n) is 2.38. The summed E-state index contributed by atoms with van der Waals surface area (Å²) in [7, 11) is 0. The van der Waals surface area contributed by atoms with E-state index in [0.29, 0.717) is 0 Å². The van der Waals surface area contributed by atoms with E-state index in [-0.39, 0.29) is 12.4 Å². The molecule has 2 N–H and O–H groups in total. The van der Waals surface area contributed by atoms with Crippen molar-refractivity contribution in [2.75, 3.05) is 23.7 Å². The highest BCUT2D eigenvalue weighted by Gasteiger charge is 2.02. The summed E-state index contributed by atoms with van der Waals surface area (Å²) in [6.07, 6.45) is 0. The van der Waals surface area contributed by atoms with Crippen molar-refractivity contribution in [1.82, 2.24) is 0 Å². The van der Waals surface area contributed by atoms with Crippen LogP contribution in [0.5, 0.6) is 0 Å². The van der Waals surface area contributed by atoms with Crippen LogP contribution >= 0.6 is 0 Å². The van der Waals surface area contributed by atoms with Crippen molar-refractivity contribution >= 4 is 11.4 Å². The molecule has 0 fully saturated rings. The topological polar surface area (TPSA) is 29.3 Å². The van der Waals surface area contributed by atoms with Crippen molar-refractivity contribution in [2.24, 2.45) is 0 Å². The van der Waals surface area contributed by atoms with Crippen molar-refractivity contribution in [3.63, 3.8) is 0 Å². The van der Waals surface area contributed by atoms with Crippen LogP contribution in [0.4, 0.5) is 11.4 Å². The second-order valence-electron chi connectivity index (χ2n) is 3.21. The molecule has 1 aromatic carbocycles. The van der Waals surface area contributed by atoms with Gasteiger partial charge in [-0.05, 0) is 44.5 Å². The first kappa shape index (κ1) is 13.1. The zero-order valence-corrected chi connectivity index (χ0v) is 9.80. The van der Waals surface area contributed by atoms with Crippen molar-refractivity contribution in [2.45, 2.75) is 20.8 Å². The van der Waals surface area contributed by atoms with Crippen molar-refractivity contribution in [1.29, 1.82) is 0 Å². The molecule has 0 aromatic heterocycles. The molecule has 0 unspecified atom stereocenters. The standard InChI is InChI=1S/C11H18N2.ClH/c1-4-13(5-2)10-6-7-11(12)9(3)8-10;/h6-8H,4-5,12H2,1-3H3;1H/p-1. The quantitative estimate of drug-likeness (QED) is 0.682. The summed E-state index contributed by atoms with van der Waals surface area (Å²) in [5.41, 5.74) is 9.04. The fourth-order valence-corrected chi connectivity index (χ4v) is 1.45. The second-order valence-corrected chi connectivity index (χ2v) is 3.21. The van der Waals surface area contributed by atoms with Crippen LogP contribution in [0.15, 0.2) is 18.2 Å². The number of nitrogens with zero attached hydrogens (tertiary/aromatic N) is 1. The lowest BCUT2D eigenvalue weighted by Crippen LogP contribution is -3.00. The Morgan fingerprint density at radius 3 is 2.21 bits per heavy atom. The maximum Gasteiger partial charge on any atom is 0.0370 e. The highest BCUT2D eigenvalue weighted by molar-refractivity contribution is 5.57. The summed E-state index contributed by atoms with van der Waals surface area (Å²) in [6, 6.07) is 6.20. The molecule has 0 bridgehead atoms. The van der Waals surface area contributed by atoms with Crippen molar-refractivity contribution in [3.8, 4) is 0 Å². The summed E-state index contributed by atoms with van der Waals surface area (Å²) < 4.78 is 0. The van der Waals surface area contributed by atoms with Crippen LogP contribution in [0, 0.1) is 6.92 Å². The van der Waals surface area contributed by atoms with Gasteiger partial charge in [-0.1, -0.05) is 0 Å². The number of hydrogen-bond acceptors (Lipinski definition) is 2. The Hall–Kier alpha value is -0.890. The van der Waals surface area contributed by atoms with Gasteiger partial charge in [0.15, 0.2) is 0 Å². The maximum atomic E-state index is 5.75. The number of anilines is 2. The van der Waals surface area contributed by atoms with Gasteiger partial charge in [-0.3, -0.25) is 0 Å². The molecular formula is C11H18ClN2-. The SMILES string of the molecule is CCN(CC)c1ccc(N)c(C)c1.[Cl-]. The summed E-state index contributed by atoms with van der Waals surface area (Å²) in [5, 5.41) is 0. The lowest BCUT2D eigenvalue weighted by molar-refractivity contribution is -0.00000287. The first-order chi connectivity index (χ1) is 6.19. The summed E-state index contributed by atoms with van der Waals surface area (Å²) in [4.78, 5) is 2.31. The number of aryl methyl sites for hydroxylation is 1. The summed E-state index contributed by atoms with van der Waals surface area (Å²) in [6.45, 7) is 8.45. The Morgan fingerprint density at radius 1 is 1.21 bits per heavy atom. The van der Waals surface area contributed by atoms with Crippen LogP contribution in [0.2, 0.25) is 0 Å². The van der Waals surface area contributed by atoms with Gasteiger partial charge in [0, 0.05) is 24.5 Å². The van der Waals surface area contributed by atoms with E-state index in [1.54, 1.807) is 0 Å². The van der Waals surface area contributed by atoms with Gasteiger partial charge in [-0.2, -0.15) is 0 Å². The van der Waals surface area contributed by atoms with Crippen molar-refractivity contribution in [3.05, 3.63) is 23.8 Å². The third-order valence-corrected chi connectivity index (χ3v) is 2.38. The van der Waals surface area contributed by atoms with Crippen molar-refractivity contribution < 1.29 is 12.4 Å². The second kappa shape index (κ2) is 5.76. The molecule has 0 atom stereocenters. The fraction of sp³-hybridized carbons (Fsp3) is 0.455. The number of halogens is 1.